The van der Waals surface area contributed by atoms with Crippen molar-refractivity contribution in [3.8, 4) is 11.5 Å². The van der Waals surface area contributed by atoms with E-state index in [1.54, 1.807) is 42.5 Å². The van der Waals surface area contributed by atoms with Gasteiger partial charge in [0.25, 0.3) is 0 Å². The van der Waals surface area contributed by atoms with Crippen molar-refractivity contribution in [2.75, 3.05) is 30.3 Å². The lowest BCUT2D eigenvalue weighted by Gasteiger charge is -2.35. The summed E-state index contributed by atoms with van der Waals surface area (Å²) in [5.41, 5.74) is 1.91. The molecule has 1 unspecified atom stereocenters. The maximum Gasteiger partial charge on any atom is 0.244 e. The molecule has 0 aromatic heterocycles. The van der Waals surface area contributed by atoms with E-state index in [1.165, 1.54) is 4.90 Å². The summed E-state index contributed by atoms with van der Waals surface area (Å²) in [5, 5.41) is 3.75. The number of nitrogens with zero attached hydrogens (tertiary/aromatic N) is 2. The third kappa shape index (κ3) is 8.24. The van der Waals surface area contributed by atoms with Gasteiger partial charge in [0.15, 0.2) is 11.5 Å². The minimum Gasteiger partial charge on any atom is -0.486 e. The van der Waals surface area contributed by atoms with Gasteiger partial charge in [-0.1, -0.05) is 73.3 Å². The first kappa shape index (κ1) is 31.7. The number of ether oxygens (including phenoxy) is 2. The Morgan fingerprint density at radius 1 is 0.909 bits per heavy atom. The van der Waals surface area contributed by atoms with Crippen LogP contribution < -0.4 is 19.1 Å². The largest absolute Gasteiger partial charge is 0.486 e. The van der Waals surface area contributed by atoms with Crippen LogP contribution in [0.15, 0.2) is 72.8 Å². The third-order valence-electron chi connectivity index (χ3n) is 7.98. The molecule has 0 bridgehead atoms. The van der Waals surface area contributed by atoms with Crippen molar-refractivity contribution in [3.05, 3.63) is 88.9 Å². The van der Waals surface area contributed by atoms with E-state index in [-0.39, 0.29) is 30.6 Å². The number of benzene rings is 3. The van der Waals surface area contributed by atoms with E-state index < -0.39 is 28.5 Å². The highest BCUT2D eigenvalue weighted by Gasteiger charge is 2.34. The van der Waals surface area contributed by atoms with Gasteiger partial charge in [0.05, 0.1) is 11.9 Å². The molecule has 1 atom stereocenters. The molecule has 1 aliphatic carbocycles. The van der Waals surface area contributed by atoms with Crippen LogP contribution in [0.25, 0.3) is 0 Å². The molecule has 1 heterocycles. The fourth-order valence-corrected chi connectivity index (χ4v) is 6.65. The first-order chi connectivity index (χ1) is 21.2. The van der Waals surface area contributed by atoms with Crippen LogP contribution >= 0.6 is 11.6 Å². The van der Waals surface area contributed by atoms with Crippen LogP contribution in [0.4, 0.5) is 5.69 Å². The van der Waals surface area contributed by atoms with Crippen molar-refractivity contribution < 1.29 is 27.5 Å². The molecule has 0 radical (unpaired) electrons. The van der Waals surface area contributed by atoms with Crippen LogP contribution in [0.2, 0.25) is 5.02 Å². The summed E-state index contributed by atoms with van der Waals surface area (Å²) in [7, 11) is -3.91. The van der Waals surface area contributed by atoms with Crippen LogP contribution in [0.1, 0.15) is 43.2 Å². The summed E-state index contributed by atoms with van der Waals surface area (Å²) in [5.74, 6) is 0.140. The highest BCUT2D eigenvalue weighted by Crippen LogP contribution is 2.35. The van der Waals surface area contributed by atoms with Gasteiger partial charge in [-0.2, -0.15) is 0 Å². The van der Waals surface area contributed by atoms with Gasteiger partial charge in [-0.15, -0.1) is 0 Å². The number of hydrogen-bond acceptors (Lipinski definition) is 6. The molecule has 2 aliphatic rings. The van der Waals surface area contributed by atoms with Crippen molar-refractivity contribution in [1.29, 1.82) is 0 Å². The molecule has 11 heteroatoms. The molecule has 3 aromatic rings. The van der Waals surface area contributed by atoms with Gasteiger partial charge >= 0.3 is 0 Å². The third-order valence-corrected chi connectivity index (χ3v) is 9.37. The van der Waals surface area contributed by atoms with Crippen molar-refractivity contribution in [1.82, 2.24) is 10.2 Å². The monoisotopic (exact) mass is 639 g/mol. The standard InChI is InChI=1S/C33H38ClN3O6S/c1-44(40,41)37(28-16-17-30-31(21-28)43-19-18-42-30)23-32(38)36(22-25-12-14-26(34)15-13-25)29(20-24-8-4-2-5-9-24)33(39)35-27-10-6-3-7-11-27/h2,4-5,8-9,12-17,21,27,29H,3,6-7,10-11,18-20,22-23H2,1H3,(H,35,39). The Kier molecular flexibility index (Phi) is 10.3. The molecule has 9 nitrogen and oxygen atoms in total. The van der Waals surface area contributed by atoms with E-state index in [1.807, 2.05) is 30.3 Å². The zero-order valence-corrected chi connectivity index (χ0v) is 26.4. The second-order valence-corrected chi connectivity index (χ2v) is 13.6. The van der Waals surface area contributed by atoms with Crippen LogP contribution in [-0.2, 0) is 32.6 Å². The average Bonchev–Trinajstić information content (AvgIpc) is 3.02. The van der Waals surface area contributed by atoms with Gasteiger partial charge in [-0.25, -0.2) is 8.42 Å². The number of halogens is 1. The van der Waals surface area contributed by atoms with Crippen LogP contribution in [0, 0.1) is 0 Å². The van der Waals surface area contributed by atoms with Gasteiger partial charge in [0, 0.05) is 30.1 Å². The molecule has 44 heavy (non-hydrogen) atoms. The van der Waals surface area contributed by atoms with Crippen LogP contribution in [0.3, 0.4) is 0 Å². The number of fused-ring (bicyclic) bond motifs is 1. The molecule has 2 amide bonds. The van der Waals surface area contributed by atoms with Crippen LogP contribution in [0.5, 0.6) is 11.5 Å². The van der Waals surface area contributed by atoms with Gasteiger partial charge in [0.2, 0.25) is 21.8 Å². The van der Waals surface area contributed by atoms with Gasteiger partial charge in [0.1, 0.15) is 25.8 Å². The molecule has 234 valence electrons. The molecule has 1 fully saturated rings. The molecular weight excluding hydrogens is 602 g/mol. The Morgan fingerprint density at radius 3 is 2.27 bits per heavy atom. The predicted octanol–water partition coefficient (Wildman–Crippen LogP) is 4.97. The number of sulfonamides is 1. The van der Waals surface area contributed by atoms with Gasteiger partial charge in [-0.05, 0) is 48.2 Å². The Morgan fingerprint density at radius 2 is 1.59 bits per heavy atom. The van der Waals surface area contributed by atoms with E-state index in [4.69, 9.17) is 21.1 Å². The highest BCUT2D eigenvalue weighted by atomic mass is 35.5. The molecule has 1 N–H and O–H groups in total. The number of rotatable bonds is 11. The number of amides is 2. The van der Waals surface area contributed by atoms with Crippen molar-refractivity contribution in [2.45, 2.75) is 57.2 Å². The Hall–Kier alpha value is -3.76. The maximum atomic E-state index is 14.3. The number of anilines is 1. The average molecular weight is 640 g/mol. The summed E-state index contributed by atoms with van der Waals surface area (Å²) < 4.78 is 38.5. The molecular formula is C33H38ClN3O6S. The fourth-order valence-electron chi connectivity index (χ4n) is 5.69. The summed E-state index contributed by atoms with van der Waals surface area (Å²) in [4.78, 5) is 29.8. The number of nitrogens with one attached hydrogen (secondary N) is 1. The van der Waals surface area contributed by atoms with Crippen LogP contribution in [-0.4, -0.2) is 63.2 Å². The van der Waals surface area contributed by atoms with Crippen molar-refractivity contribution in [2.24, 2.45) is 0 Å². The predicted molar refractivity (Wildman–Crippen MR) is 171 cm³/mol. The lowest BCUT2D eigenvalue weighted by Crippen LogP contribution is -2.55. The molecule has 5 rings (SSSR count). The van der Waals surface area contributed by atoms with Crippen molar-refractivity contribution >= 4 is 39.1 Å². The lowest BCUT2D eigenvalue weighted by atomic mass is 9.94. The zero-order valence-electron chi connectivity index (χ0n) is 24.8. The first-order valence-electron chi connectivity index (χ1n) is 14.9. The molecule has 1 saturated carbocycles. The zero-order chi connectivity index (χ0) is 31.1. The topological polar surface area (TPSA) is 105 Å². The minimum absolute atomic E-state index is 0.0345. The minimum atomic E-state index is -3.91. The summed E-state index contributed by atoms with van der Waals surface area (Å²) in [6, 6.07) is 20.5. The molecule has 1 aliphatic heterocycles. The highest BCUT2D eigenvalue weighted by molar-refractivity contribution is 7.92. The van der Waals surface area contributed by atoms with Gasteiger partial charge in [-0.3, -0.25) is 13.9 Å². The number of hydrogen-bond donors (Lipinski definition) is 1. The van der Waals surface area contributed by atoms with E-state index in [2.05, 4.69) is 5.32 Å². The maximum absolute atomic E-state index is 14.3. The molecule has 0 saturated heterocycles. The number of carbonyl (C=O) groups is 2. The SMILES string of the molecule is CS(=O)(=O)N(CC(=O)N(Cc1ccc(Cl)cc1)C(Cc1ccccc1)C(=O)NC1CCCCC1)c1ccc2c(c1)OCCO2. The normalized spacial score (nSPS) is 15.7. The summed E-state index contributed by atoms with van der Waals surface area (Å²) in [6.45, 7) is 0.310. The number of carbonyl (C=O) groups excluding carboxylic acids is 2. The Labute approximate surface area is 264 Å². The first-order valence-corrected chi connectivity index (χ1v) is 17.2. The molecule has 3 aromatic carbocycles. The van der Waals surface area contributed by atoms with E-state index in [0.717, 1.165) is 53.8 Å². The Bertz CT molecular complexity index is 1550. The second kappa shape index (κ2) is 14.3. The second-order valence-electron chi connectivity index (χ2n) is 11.3. The summed E-state index contributed by atoms with van der Waals surface area (Å²) >= 11 is 6.14. The Balaban J connectivity index is 1.50. The smallest absolute Gasteiger partial charge is 0.244 e. The van der Waals surface area contributed by atoms with Crippen molar-refractivity contribution in [3.63, 3.8) is 0 Å². The molecule has 0 spiro atoms. The van der Waals surface area contributed by atoms with E-state index in [0.29, 0.717) is 29.7 Å². The van der Waals surface area contributed by atoms with E-state index in [9.17, 15) is 18.0 Å². The van der Waals surface area contributed by atoms with E-state index >= 15 is 0 Å². The lowest BCUT2D eigenvalue weighted by molar-refractivity contribution is -0.140. The fraction of sp³-hybridized carbons (Fsp3) is 0.394. The van der Waals surface area contributed by atoms with Gasteiger partial charge < -0.3 is 19.7 Å². The quantitative estimate of drug-likeness (QED) is 0.318. The summed E-state index contributed by atoms with van der Waals surface area (Å²) in [6.07, 6.45) is 6.32.